The van der Waals surface area contributed by atoms with Gasteiger partial charge in [-0.15, -0.1) is 0 Å². The molecule has 8 heteroatoms. The first-order valence-corrected chi connectivity index (χ1v) is 8.40. The van der Waals surface area contributed by atoms with Gasteiger partial charge in [0.2, 0.25) is 5.91 Å². The van der Waals surface area contributed by atoms with Gasteiger partial charge in [0.1, 0.15) is 11.5 Å². The Morgan fingerprint density at radius 1 is 1.30 bits per heavy atom. The van der Waals surface area contributed by atoms with Crippen LogP contribution >= 0.6 is 0 Å². The number of nitro groups is 1. The lowest BCUT2D eigenvalue weighted by Crippen LogP contribution is -2.37. The molecule has 2 aromatic carbocycles. The largest absolute Gasteiger partial charge is 0.508 e. The normalized spacial score (nSPS) is 11.9. The number of nitrogens with zero attached hydrogens (tertiary/aromatic N) is 2. The van der Waals surface area contributed by atoms with E-state index in [2.05, 4.69) is 5.32 Å². The van der Waals surface area contributed by atoms with E-state index in [-0.39, 0.29) is 35.7 Å². The van der Waals surface area contributed by atoms with Crippen LogP contribution in [-0.2, 0) is 11.2 Å². The number of hydrogen-bond donors (Lipinski definition) is 2. The van der Waals surface area contributed by atoms with E-state index >= 15 is 0 Å². The maximum absolute atomic E-state index is 12.3. The topological polar surface area (TPSA) is 105 Å². The highest BCUT2D eigenvalue weighted by Gasteiger charge is 2.17. The molecule has 0 aromatic heterocycles. The average Bonchev–Trinajstić information content (AvgIpc) is 2.63. The number of amides is 1. The molecule has 0 bridgehead atoms. The van der Waals surface area contributed by atoms with Crippen molar-refractivity contribution in [3.8, 4) is 11.5 Å². The molecule has 1 amide bonds. The van der Waals surface area contributed by atoms with E-state index in [1.165, 1.54) is 25.3 Å². The second-order valence-electron chi connectivity index (χ2n) is 6.32. The number of carbonyl (C=O) groups is 1. The highest BCUT2D eigenvalue weighted by molar-refractivity contribution is 5.93. The zero-order chi connectivity index (χ0) is 20.0. The number of likely N-dealkylation sites (N-methyl/N-ethyl adjacent to an activating group) is 1. The highest BCUT2D eigenvalue weighted by Crippen LogP contribution is 2.29. The first-order valence-electron chi connectivity index (χ1n) is 8.40. The number of phenolic OH excluding ortho intramolecular Hbond substituents is 1. The molecule has 0 aliphatic carbocycles. The van der Waals surface area contributed by atoms with Crippen LogP contribution in [0, 0.1) is 10.1 Å². The van der Waals surface area contributed by atoms with E-state index in [4.69, 9.17) is 4.74 Å². The lowest BCUT2D eigenvalue weighted by atomic mass is 10.1. The lowest BCUT2D eigenvalue weighted by Gasteiger charge is -2.24. The van der Waals surface area contributed by atoms with Crippen molar-refractivity contribution in [1.29, 1.82) is 0 Å². The second kappa shape index (κ2) is 9.00. The molecule has 8 nitrogen and oxygen atoms in total. The van der Waals surface area contributed by atoms with Gasteiger partial charge in [0, 0.05) is 12.1 Å². The molecule has 0 heterocycles. The summed E-state index contributed by atoms with van der Waals surface area (Å²) in [5.74, 6) is 0.204. The van der Waals surface area contributed by atoms with Crippen molar-refractivity contribution in [2.24, 2.45) is 0 Å². The predicted molar refractivity (Wildman–Crippen MR) is 102 cm³/mol. The molecule has 0 radical (unpaired) electrons. The third kappa shape index (κ3) is 5.68. The number of carbonyl (C=O) groups excluding carboxylic acids is 1. The number of nitro benzene ring substituents is 1. The molecule has 27 heavy (non-hydrogen) atoms. The van der Waals surface area contributed by atoms with Crippen LogP contribution in [0.1, 0.15) is 12.5 Å². The van der Waals surface area contributed by atoms with E-state index < -0.39 is 4.92 Å². The molecule has 0 unspecified atom stereocenters. The van der Waals surface area contributed by atoms with Crippen molar-refractivity contribution in [2.75, 3.05) is 26.0 Å². The van der Waals surface area contributed by atoms with Crippen molar-refractivity contribution in [3.63, 3.8) is 0 Å². The standard InChI is InChI=1S/C19H23N3O5/c1-13(10-14-4-7-16(23)8-5-14)21(2)12-19(24)20-17-9-6-15(22(25)26)11-18(17)27-3/h4-9,11,13,23H,10,12H2,1-3H3,(H,20,24)/t13-/m0/s1. The Morgan fingerprint density at radius 2 is 1.96 bits per heavy atom. The Morgan fingerprint density at radius 3 is 2.56 bits per heavy atom. The Kier molecular flexibility index (Phi) is 6.73. The number of ether oxygens (including phenoxy) is 1. The number of rotatable bonds is 8. The predicted octanol–water partition coefficient (Wildman–Crippen LogP) is 2.81. The first kappa shape index (κ1) is 20.2. The molecule has 2 N–H and O–H groups in total. The Balaban J connectivity index is 1.96. The van der Waals surface area contributed by atoms with Gasteiger partial charge in [-0.1, -0.05) is 12.1 Å². The zero-order valence-electron chi connectivity index (χ0n) is 15.5. The monoisotopic (exact) mass is 373 g/mol. The summed E-state index contributed by atoms with van der Waals surface area (Å²) in [4.78, 5) is 24.6. The molecular formula is C19H23N3O5. The van der Waals surface area contributed by atoms with Crippen molar-refractivity contribution < 1.29 is 19.6 Å². The molecule has 0 spiro atoms. The fourth-order valence-electron chi connectivity index (χ4n) is 2.60. The van der Waals surface area contributed by atoms with Gasteiger partial charge >= 0.3 is 0 Å². The second-order valence-corrected chi connectivity index (χ2v) is 6.32. The van der Waals surface area contributed by atoms with E-state index in [0.717, 1.165) is 12.0 Å². The molecule has 0 fully saturated rings. The van der Waals surface area contributed by atoms with Crippen molar-refractivity contribution in [3.05, 3.63) is 58.1 Å². The summed E-state index contributed by atoms with van der Waals surface area (Å²) in [5, 5.41) is 22.9. The minimum atomic E-state index is -0.521. The minimum absolute atomic E-state index is 0.0963. The summed E-state index contributed by atoms with van der Waals surface area (Å²) >= 11 is 0. The van der Waals surface area contributed by atoms with Gasteiger partial charge in [0.05, 0.1) is 30.3 Å². The van der Waals surface area contributed by atoms with Gasteiger partial charge in [0.15, 0.2) is 0 Å². The first-order chi connectivity index (χ1) is 12.8. The minimum Gasteiger partial charge on any atom is -0.508 e. The van der Waals surface area contributed by atoms with Gasteiger partial charge in [-0.2, -0.15) is 0 Å². The van der Waals surface area contributed by atoms with E-state index in [1.54, 1.807) is 12.1 Å². The van der Waals surface area contributed by atoms with Crippen LogP contribution in [0.5, 0.6) is 11.5 Å². The number of anilines is 1. The van der Waals surface area contributed by atoms with Gasteiger partial charge in [-0.25, -0.2) is 0 Å². The van der Waals surface area contributed by atoms with Gasteiger partial charge < -0.3 is 15.2 Å². The average molecular weight is 373 g/mol. The third-order valence-electron chi connectivity index (χ3n) is 4.28. The van der Waals surface area contributed by atoms with Crippen molar-refractivity contribution >= 4 is 17.3 Å². The van der Waals surface area contributed by atoms with E-state index in [0.29, 0.717) is 5.69 Å². The van der Waals surface area contributed by atoms with Gasteiger partial charge in [0.25, 0.3) is 5.69 Å². The van der Waals surface area contributed by atoms with Crippen LogP contribution in [-0.4, -0.2) is 47.6 Å². The van der Waals surface area contributed by atoms with Crippen LogP contribution in [0.4, 0.5) is 11.4 Å². The van der Waals surface area contributed by atoms with Crippen LogP contribution < -0.4 is 10.1 Å². The summed E-state index contributed by atoms with van der Waals surface area (Å²) in [6.45, 7) is 2.16. The maximum Gasteiger partial charge on any atom is 0.273 e. The van der Waals surface area contributed by atoms with Crippen LogP contribution in [0.15, 0.2) is 42.5 Å². The summed E-state index contributed by atoms with van der Waals surface area (Å²) < 4.78 is 5.12. The fraction of sp³-hybridized carbons (Fsp3) is 0.316. The van der Waals surface area contributed by atoms with Crippen LogP contribution in [0.2, 0.25) is 0 Å². The quantitative estimate of drug-likeness (QED) is 0.545. The molecule has 2 rings (SSSR count). The Hall–Kier alpha value is -3.13. The SMILES string of the molecule is COc1cc([N+](=O)[O-])ccc1NC(=O)CN(C)[C@@H](C)Cc1ccc(O)cc1. The number of benzene rings is 2. The number of aromatic hydroxyl groups is 1. The molecule has 144 valence electrons. The number of methoxy groups -OCH3 is 1. The van der Waals surface area contributed by atoms with Crippen LogP contribution in [0.3, 0.4) is 0 Å². The van der Waals surface area contributed by atoms with Crippen molar-refractivity contribution in [1.82, 2.24) is 4.90 Å². The number of nitrogens with one attached hydrogen (secondary N) is 1. The molecule has 0 saturated heterocycles. The molecular weight excluding hydrogens is 350 g/mol. The number of hydrogen-bond acceptors (Lipinski definition) is 6. The fourth-order valence-corrected chi connectivity index (χ4v) is 2.60. The van der Waals surface area contributed by atoms with E-state index in [1.807, 2.05) is 31.0 Å². The van der Waals surface area contributed by atoms with Crippen molar-refractivity contribution in [2.45, 2.75) is 19.4 Å². The summed E-state index contributed by atoms with van der Waals surface area (Å²) in [7, 11) is 3.23. The van der Waals surface area contributed by atoms with Gasteiger partial charge in [-0.3, -0.25) is 19.8 Å². The molecule has 0 saturated carbocycles. The van der Waals surface area contributed by atoms with Crippen LogP contribution in [0.25, 0.3) is 0 Å². The van der Waals surface area contributed by atoms with E-state index in [9.17, 15) is 20.0 Å². The Labute approximate surface area is 157 Å². The van der Waals surface area contributed by atoms with Gasteiger partial charge in [-0.05, 0) is 44.2 Å². The third-order valence-corrected chi connectivity index (χ3v) is 4.28. The summed E-state index contributed by atoms with van der Waals surface area (Å²) in [6.07, 6.45) is 0.727. The maximum atomic E-state index is 12.3. The molecule has 2 aromatic rings. The zero-order valence-corrected chi connectivity index (χ0v) is 15.5. The summed E-state index contributed by atoms with van der Waals surface area (Å²) in [5.41, 5.74) is 1.33. The molecule has 0 aliphatic rings. The lowest BCUT2D eigenvalue weighted by molar-refractivity contribution is -0.384. The Bertz CT molecular complexity index is 807. The number of phenols is 1. The molecule has 1 atom stereocenters. The molecule has 0 aliphatic heterocycles. The highest BCUT2D eigenvalue weighted by atomic mass is 16.6. The smallest absolute Gasteiger partial charge is 0.273 e. The summed E-state index contributed by atoms with van der Waals surface area (Å²) in [6, 6.07) is 11.1. The number of non-ortho nitro benzene ring substituents is 1.